The van der Waals surface area contributed by atoms with Crippen LogP contribution in [0, 0.1) is 0 Å². The predicted molar refractivity (Wildman–Crippen MR) is 105 cm³/mol. The molecule has 0 aliphatic rings. The van der Waals surface area contributed by atoms with E-state index < -0.39 is 0 Å². The molecule has 130 valence electrons. The number of halogens is 1. The first-order chi connectivity index (χ1) is 12.7. The molecule has 0 unspecified atom stereocenters. The number of hydrogen-bond acceptors (Lipinski definition) is 2. The smallest absolute Gasteiger partial charge is 0.267 e. The van der Waals surface area contributed by atoms with E-state index in [1.165, 1.54) is 5.56 Å². The van der Waals surface area contributed by atoms with Crippen molar-refractivity contribution in [3.05, 3.63) is 88.5 Å². The van der Waals surface area contributed by atoms with Crippen molar-refractivity contribution >= 4 is 32.7 Å². The normalized spacial score (nSPS) is 11.0. The number of carbonyl (C=O) groups is 1. The number of H-pyrrole nitrogens is 1. The number of fused-ring (bicyclic) bond motifs is 1. The van der Waals surface area contributed by atoms with Crippen LogP contribution in [0.25, 0.3) is 10.9 Å². The first kappa shape index (κ1) is 16.6. The van der Waals surface area contributed by atoms with Gasteiger partial charge in [-0.3, -0.25) is 4.79 Å². The first-order valence-electron chi connectivity index (χ1n) is 8.27. The Hall–Kier alpha value is -2.86. The number of carbonyl (C=O) groups excluding carboxylic acids is 1. The molecule has 0 saturated heterocycles. The maximum absolute atomic E-state index is 12.4. The Morgan fingerprint density at radius 1 is 1.12 bits per heavy atom. The molecule has 0 bridgehead atoms. The Bertz CT molecular complexity index is 1040. The lowest BCUT2D eigenvalue weighted by molar-refractivity contribution is 0.0947. The van der Waals surface area contributed by atoms with Gasteiger partial charge in [-0.15, -0.1) is 0 Å². The Morgan fingerprint density at radius 3 is 2.69 bits per heavy atom. The minimum absolute atomic E-state index is 0.111. The average Bonchev–Trinajstić information content (AvgIpc) is 3.30. The summed E-state index contributed by atoms with van der Waals surface area (Å²) in [5.74, 6) is -0.111. The van der Waals surface area contributed by atoms with Gasteiger partial charge in [0.2, 0.25) is 0 Å². The summed E-state index contributed by atoms with van der Waals surface area (Å²) in [6, 6.07) is 16.0. The van der Waals surface area contributed by atoms with Crippen LogP contribution in [0.1, 0.15) is 21.6 Å². The summed E-state index contributed by atoms with van der Waals surface area (Å²) in [7, 11) is 0. The Morgan fingerprint density at radius 2 is 1.92 bits per heavy atom. The van der Waals surface area contributed by atoms with Crippen LogP contribution in [-0.2, 0) is 13.1 Å². The number of benzene rings is 2. The van der Waals surface area contributed by atoms with E-state index in [1.54, 1.807) is 12.5 Å². The number of nitrogens with zero attached hydrogens (tertiary/aromatic N) is 2. The zero-order chi connectivity index (χ0) is 17.9. The fraction of sp³-hybridized carbons (Fsp3) is 0.100. The third-order valence-corrected chi connectivity index (χ3v) is 4.72. The number of hydrogen-bond donors (Lipinski definition) is 2. The fourth-order valence-electron chi connectivity index (χ4n) is 2.86. The molecule has 2 heterocycles. The molecule has 0 saturated carbocycles. The number of amides is 1. The van der Waals surface area contributed by atoms with Gasteiger partial charge >= 0.3 is 0 Å². The van der Waals surface area contributed by atoms with Crippen molar-refractivity contribution in [1.29, 1.82) is 0 Å². The molecule has 0 atom stereocenters. The highest BCUT2D eigenvalue weighted by atomic mass is 79.9. The zero-order valence-electron chi connectivity index (χ0n) is 13.9. The monoisotopic (exact) mass is 408 g/mol. The van der Waals surface area contributed by atoms with Gasteiger partial charge in [0.05, 0.1) is 6.33 Å². The van der Waals surface area contributed by atoms with Gasteiger partial charge in [-0.05, 0) is 35.4 Å². The molecule has 5 nitrogen and oxygen atoms in total. The van der Waals surface area contributed by atoms with E-state index in [1.807, 2.05) is 47.2 Å². The molecule has 0 fully saturated rings. The number of imidazole rings is 1. The zero-order valence-corrected chi connectivity index (χ0v) is 15.5. The van der Waals surface area contributed by atoms with E-state index in [9.17, 15) is 4.79 Å². The fourth-order valence-corrected chi connectivity index (χ4v) is 3.24. The second-order valence-electron chi connectivity index (χ2n) is 6.15. The topological polar surface area (TPSA) is 62.7 Å². The second-order valence-corrected chi connectivity index (χ2v) is 7.06. The quantitative estimate of drug-likeness (QED) is 0.521. The van der Waals surface area contributed by atoms with E-state index in [0.717, 1.165) is 27.5 Å². The third-order valence-electron chi connectivity index (χ3n) is 4.23. The van der Waals surface area contributed by atoms with Crippen LogP contribution in [0.2, 0.25) is 0 Å². The highest BCUT2D eigenvalue weighted by Gasteiger charge is 2.09. The maximum Gasteiger partial charge on any atom is 0.267 e. The summed E-state index contributed by atoms with van der Waals surface area (Å²) in [6.45, 7) is 1.28. The molecule has 4 rings (SSSR count). The molecule has 2 N–H and O–H groups in total. The third kappa shape index (κ3) is 3.70. The largest absolute Gasteiger partial charge is 0.351 e. The van der Waals surface area contributed by atoms with Crippen molar-refractivity contribution in [3.8, 4) is 0 Å². The van der Waals surface area contributed by atoms with Gasteiger partial charge in [0.25, 0.3) is 5.91 Å². The van der Waals surface area contributed by atoms with Gasteiger partial charge in [-0.25, -0.2) is 4.98 Å². The standard InChI is InChI=1S/C20H17BrN4O/c21-17-5-6-18-16(9-17)10-19(24-18)20(26)23-11-14-1-3-15(4-2-14)12-25-8-7-22-13-25/h1-10,13,24H,11-12H2,(H,23,26). The van der Waals surface area contributed by atoms with Crippen molar-refractivity contribution in [2.24, 2.45) is 0 Å². The molecule has 0 radical (unpaired) electrons. The summed E-state index contributed by atoms with van der Waals surface area (Å²) in [5, 5.41) is 3.97. The molecule has 2 aromatic heterocycles. The summed E-state index contributed by atoms with van der Waals surface area (Å²) in [5.41, 5.74) is 3.77. The molecule has 1 amide bonds. The Labute approximate surface area is 159 Å². The van der Waals surface area contributed by atoms with Crippen LogP contribution in [0.3, 0.4) is 0 Å². The lowest BCUT2D eigenvalue weighted by Gasteiger charge is -2.06. The van der Waals surface area contributed by atoms with Gasteiger partial charge in [0.15, 0.2) is 0 Å². The van der Waals surface area contributed by atoms with Crippen molar-refractivity contribution in [2.75, 3.05) is 0 Å². The minimum Gasteiger partial charge on any atom is -0.351 e. The molecular formula is C20H17BrN4O. The number of rotatable bonds is 5. The van der Waals surface area contributed by atoms with E-state index >= 15 is 0 Å². The Kier molecular flexibility index (Phi) is 4.58. The molecule has 26 heavy (non-hydrogen) atoms. The van der Waals surface area contributed by atoms with Crippen LogP contribution in [-0.4, -0.2) is 20.4 Å². The van der Waals surface area contributed by atoms with Gasteiger partial charge < -0.3 is 14.9 Å². The molecule has 4 aromatic rings. The summed E-state index contributed by atoms with van der Waals surface area (Å²) in [6.07, 6.45) is 5.51. The van der Waals surface area contributed by atoms with Gasteiger partial charge in [-0.2, -0.15) is 0 Å². The average molecular weight is 409 g/mol. The highest BCUT2D eigenvalue weighted by molar-refractivity contribution is 9.10. The van der Waals surface area contributed by atoms with Gasteiger partial charge in [-0.1, -0.05) is 40.2 Å². The molecule has 0 aliphatic heterocycles. The van der Waals surface area contributed by atoms with Crippen LogP contribution in [0.5, 0.6) is 0 Å². The SMILES string of the molecule is O=C(NCc1ccc(Cn2ccnc2)cc1)c1cc2cc(Br)ccc2[nH]1. The van der Waals surface area contributed by atoms with Gasteiger partial charge in [0.1, 0.15) is 5.69 Å². The maximum atomic E-state index is 12.4. The van der Waals surface area contributed by atoms with Crippen molar-refractivity contribution in [3.63, 3.8) is 0 Å². The second kappa shape index (κ2) is 7.17. The highest BCUT2D eigenvalue weighted by Crippen LogP contribution is 2.20. The molecule has 6 heteroatoms. The van der Waals surface area contributed by atoms with Crippen molar-refractivity contribution in [2.45, 2.75) is 13.1 Å². The van der Waals surface area contributed by atoms with Crippen LogP contribution >= 0.6 is 15.9 Å². The lowest BCUT2D eigenvalue weighted by Crippen LogP contribution is -2.23. The molecule has 2 aromatic carbocycles. The van der Waals surface area contributed by atoms with E-state index in [0.29, 0.717) is 12.2 Å². The van der Waals surface area contributed by atoms with Crippen molar-refractivity contribution < 1.29 is 4.79 Å². The van der Waals surface area contributed by atoms with Gasteiger partial charge in [0, 0.05) is 40.9 Å². The van der Waals surface area contributed by atoms with Crippen LogP contribution in [0.15, 0.2) is 71.7 Å². The summed E-state index contributed by atoms with van der Waals surface area (Å²) < 4.78 is 3.01. The number of aromatic amines is 1. The van der Waals surface area contributed by atoms with Crippen LogP contribution in [0.4, 0.5) is 0 Å². The summed E-state index contributed by atoms with van der Waals surface area (Å²) in [4.78, 5) is 19.6. The molecule has 0 aliphatic carbocycles. The number of aromatic nitrogens is 3. The lowest BCUT2D eigenvalue weighted by atomic mass is 10.1. The number of nitrogens with one attached hydrogen (secondary N) is 2. The van der Waals surface area contributed by atoms with E-state index in [-0.39, 0.29) is 5.91 Å². The van der Waals surface area contributed by atoms with Crippen LogP contribution < -0.4 is 5.32 Å². The Balaban J connectivity index is 1.38. The molecule has 0 spiro atoms. The van der Waals surface area contributed by atoms with Crippen molar-refractivity contribution in [1.82, 2.24) is 19.9 Å². The minimum atomic E-state index is -0.111. The summed E-state index contributed by atoms with van der Waals surface area (Å²) >= 11 is 3.44. The molecular weight excluding hydrogens is 392 g/mol. The van der Waals surface area contributed by atoms with E-state index in [4.69, 9.17) is 0 Å². The first-order valence-corrected chi connectivity index (χ1v) is 9.07. The van der Waals surface area contributed by atoms with E-state index in [2.05, 4.69) is 43.3 Å². The predicted octanol–water partition coefficient (Wildman–Crippen LogP) is 4.11.